The molecule has 1 atom stereocenters. The van der Waals surface area contributed by atoms with Gasteiger partial charge in [-0.3, -0.25) is 10.1 Å². The van der Waals surface area contributed by atoms with Crippen molar-refractivity contribution >= 4 is 41.0 Å². The van der Waals surface area contributed by atoms with E-state index in [1.807, 2.05) is 23.1 Å². The van der Waals surface area contributed by atoms with Gasteiger partial charge in [0.15, 0.2) is 0 Å². The number of hydrogen-bond acceptors (Lipinski definition) is 8. The van der Waals surface area contributed by atoms with Crippen molar-refractivity contribution in [1.82, 2.24) is 9.97 Å². The van der Waals surface area contributed by atoms with Crippen molar-refractivity contribution in [3.8, 4) is 0 Å². The van der Waals surface area contributed by atoms with Gasteiger partial charge in [-0.1, -0.05) is 11.9 Å². The molecule has 3 heterocycles. The summed E-state index contributed by atoms with van der Waals surface area (Å²) in [5.74, 6) is 1.15. The first kappa shape index (κ1) is 25.1. The number of aliphatic hydroxyl groups excluding tert-OH is 1. The lowest BCUT2D eigenvalue weighted by Crippen LogP contribution is -2.43. The zero-order valence-corrected chi connectivity index (χ0v) is 21.6. The molecule has 1 saturated carbocycles. The Morgan fingerprint density at radius 3 is 2.67 bits per heavy atom. The average molecular weight is 515 g/mol. The van der Waals surface area contributed by atoms with Crippen molar-refractivity contribution in [3.05, 3.63) is 36.0 Å². The topological polar surface area (TPSA) is 93.6 Å². The first-order chi connectivity index (χ1) is 17.4. The standard InChI is InChI=1S/C26H35FN6O2S/c1-25(27)6-2-12-33(18-25)22-5-11-28-24(29-22)30-23(35)20-4-3-19(31-36-16-15-34)17-21(20)32-13-9-26(7-8-26)10-14-32/h3-5,11,17,31,34H,2,6-10,12-16,18H2,1H3,(H,28,29,30,35). The summed E-state index contributed by atoms with van der Waals surface area (Å²) >= 11 is 1.43. The highest BCUT2D eigenvalue weighted by atomic mass is 32.2. The summed E-state index contributed by atoms with van der Waals surface area (Å²) in [6, 6.07) is 7.48. The lowest BCUT2D eigenvalue weighted by Gasteiger charge is -2.36. The maximum Gasteiger partial charge on any atom is 0.260 e. The predicted molar refractivity (Wildman–Crippen MR) is 144 cm³/mol. The van der Waals surface area contributed by atoms with Gasteiger partial charge in [0.1, 0.15) is 11.5 Å². The molecule has 1 unspecified atom stereocenters. The number of carbonyl (C=O) groups is 1. The number of aromatic nitrogens is 2. The monoisotopic (exact) mass is 514 g/mol. The summed E-state index contributed by atoms with van der Waals surface area (Å²) in [5, 5.41) is 12.0. The number of hydrogen-bond donors (Lipinski definition) is 3. The van der Waals surface area contributed by atoms with Crippen molar-refractivity contribution in [1.29, 1.82) is 0 Å². The van der Waals surface area contributed by atoms with Gasteiger partial charge in [0, 0.05) is 37.3 Å². The van der Waals surface area contributed by atoms with E-state index in [0.29, 0.717) is 29.0 Å². The van der Waals surface area contributed by atoms with Crippen LogP contribution in [-0.4, -0.2) is 65.2 Å². The Labute approximate surface area is 216 Å². The average Bonchev–Trinajstić information content (AvgIpc) is 3.63. The van der Waals surface area contributed by atoms with E-state index < -0.39 is 5.67 Å². The Kier molecular flexibility index (Phi) is 7.25. The van der Waals surface area contributed by atoms with Crippen LogP contribution in [0.2, 0.25) is 0 Å². The molecule has 36 heavy (non-hydrogen) atoms. The smallest absolute Gasteiger partial charge is 0.260 e. The van der Waals surface area contributed by atoms with Gasteiger partial charge in [-0.15, -0.1) is 0 Å². The molecule has 0 bridgehead atoms. The maximum atomic E-state index is 14.6. The highest BCUT2D eigenvalue weighted by molar-refractivity contribution is 8.00. The van der Waals surface area contributed by atoms with Crippen LogP contribution in [-0.2, 0) is 0 Å². The van der Waals surface area contributed by atoms with Crippen LogP contribution in [0, 0.1) is 5.41 Å². The van der Waals surface area contributed by atoms with Crippen molar-refractivity contribution in [2.45, 2.75) is 51.1 Å². The van der Waals surface area contributed by atoms with Crippen LogP contribution in [0.25, 0.3) is 0 Å². The highest BCUT2D eigenvalue weighted by Gasteiger charge is 2.44. The second-order valence-corrected chi connectivity index (χ2v) is 11.4. The minimum absolute atomic E-state index is 0.0975. The summed E-state index contributed by atoms with van der Waals surface area (Å²) in [7, 11) is 0. The molecule has 1 spiro atoms. The third kappa shape index (κ3) is 5.86. The number of piperidine rings is 2. The fourth-order valence-electron chi connectivity index (χ4n) is 5.27. The van der Waals surface area contributed by atoms with Gasteiger partial charge in [0.2, 0.25) is 5.95 Å². The number of amides is 1. The number of carbonyl (C=O) groups excluding carboxylic acids is 1. The molecule has 8 nitrogen and oxygen atoms in total. The largest absolute Gasteiger partial charge is 0.395 e. The Morgan fingerprint density at radius 1 is 1.14 bits per heavy atom. The second kappa shape index (κ2) is 10.4. The molecule has 3 aliphatic rings. The molecule has 3 fully saturated rings. The minimum Gasteiger partial charge on any atom is -0.395 e. The fraction of sp³-hybridized carbons (Fsp3) is 0.577. The Balaban J connectivity index is 1.34. The third-order valence-electron chi connectivity index (χ3n) is 7.58. The summed E-state index contributed by atoms with van der Waals surface area (Å²) in [4.78, 5) is 26.4. The first-order valence-electron chi connectivity index (χ1n) is 12.8. The summed E-state index contributed by atoms with van der Waals surface area (Å²) < 4.78 is 17.8. The van der Waals surface area contributed by atoms with Crippen LogP contribution < -0.4 is 19.8 Å². The molecular weight excluding hydrogens is 479 g/mol. The molecular formula is C26H35FN6O2S. The summed E-state index contributed by atoms with van der Waals surface area (Å²) in [6.45, 7) is 4.58. The van der Waals surface area contributed by atoms with Gasteiger partial charge in [-0.05, 0) is 75.1 Å². The molecule has 1 aromatic heterocycles. The van der Waals surface area contributed by atoms with E-state index in [9.17, 15) is 9.18 Å². The lowest BCUT2D eigenvalue weighted by atomic mass is 9.93. The fourth-order valence-corrected chi connectivity index (χ4v) is 5.76. The van der Waals surface area contributed by atoms with Crippen LogP contribution >= 0.6 is 11.9 Å². The van der Waals surface area contributed by atoms with E-state index in [-0.39, 0.29) is 25.0 Å². The molecule has 194 valence electrons. The molecule has 1 amide bonds. The number of nitrogens with one attached hydrogen (secondary N) is 2. The van der Waals surface area contributed by atoms with Crippen LogP contribution in [0.5, 0.6) is 0 Å². The Hall–Kier alpha value is -2.59. The van der Waals surface area contributed by atoms with Crippen LogP contribution in [0.3, 0.4) is 0 Å². The quantitative estimate of drug-likeness (QED) is 0.351. The van der Waals surface area contributed by atoms with E-state index in [4.69, 9.17) is 5.11 Å². The molecule has 2 aliphatic heterocycles. The van der Waals surface area contributed by atoms with Crippen molar-refractivity contribution in [3.63, 3.8) is 0 Å². The number of benzene rings is 1. The molecule has 1 aliphatic carbocycles. The van der Waals surface area contributed by atoms with Crippen LogP contribution in [0.15, 0.2) is 30.5 Å². The van der Waals surface area contributed by atoms with Gasteiger partial charge in [-0.2, -0.15) is 4.98 Å². The molecule has 1 aromatic carbocycles. The number of rotatable bonds is 8. The molecule has 0 radical (unpaired) electrons. The van der Waals surface area contributed by atoms with Crippen molar-refractivity contribution in [2.24, 2.45) is 5.41 Å². The van der Waals surface area contributed by atoms with Gasteiger partial charge >= 0.3 is 0 Å². The Morgan fingerprint density at radius 2 is 1.94 bits per heavy atom. The second-order valence-electron chi connectivity index (χ2n) is 10.5. The number of nitrogens with zero attached hydrogens (tertiary/aromatic N) is 4. The van der Waals surface area contributed by atoms with Gasteiger partial charge in [0.25, 0.3) is 5.91 Å². The number of anilines is 4. The van der Waals surface area contributed by atoms with Gasteiger partial charge in [0.05, 0.1) is 24.4 Å². The van der Waals surface area contributed by atoms with Crippen molar-refractivity contribution in [2.75, 3.05) is 58.4 Å². The van der Waals surface area contributed by atoms with Gasteiger partial charge < -0.3 is 19.6 Å². The molecule has 2 aromatic rings. The molecule has 3 N–H and O–H groups in total. The zero-order chi connectivity index (χ0) is 25.2. The highest BCUT2D eigenvalue weighted by Crippen LogP contribution is 2.54. The van der Waals surface area contributed by atoms with E-state index in [0.717, 1.165) is 50.3 Å². The summed E-state index contributed by atoms with van der Waals surface area (Å²) in [5.41, 5.74) is 1.63. The first-order valence-corrected chi connectivity index (χ1v) is 13.8. The third-order valence-corrected chi connectivity index (χ3v) is 8.35. The predicted octanol–water partition coefficient (Wildman–Crippen LogP) is 4.49. The lowest BCUT2D eigenvalue weighted by molar-refractivity contribution is 0.102. The number of aliphatic hydroxyl groups is 1. The van der Waals surface area contributed by atoms with E-state index >= 15 is 0 Å². The number of halogens is 1. The zero-order valence-electron chi connectivity index (χ0n) is 20.8. The number of alkyl halides is 1. The molecule has 5 rings (SSSR count). The van der Waals surface area contributed by atoms with E-state index in [1.54, 1.807) is 19.2 Å². The SMILES string of the molecule is CC1(F)CCCN(c2ccnc(NC(=O)c3ccc(NSCCO)cc3N3CCC4(CC3)CC4)n2)C1. The molecule has 10 heteroatoms. The molecule has 2 saturated heterocycles. The van der Waals surface area contributed by atoms with Crippen LogP contribution in [0.1, 0.15) is 55.8 Å². The minimum atomic E-state index is -1.25. The van der Waals surface area contributed by atoms with Crippen LogP contribution in [0.4, 0.5) is 27.5 Å². The van der Waals surface area contributed by atoms with Gasteiger partial charge in [-0.25, -0.2) is 9.37 Å². The summed E-state index contributed by atoms with van der Waals surface area (Å²) in [6.07, 6.45) is 7.85. The maximum absolute atomic E-state index is 14.6. The van der Waals surface area contributed by atoms with E-state index in [1.165, 1.54) is 24.8 Å². The van der Waals surface area contributed by atoms with Crippen molar-refractivity contribution < 1.29 is 14.3 Å². The Bertz CT molecular complexity index is 1090. The normalized spacial score (nSPS) is 23.0. The van der Waals surface area contributed by atoms with E-state index in [2.05, 4.69) is 24.9 Å².